The first-order valence-corrected chi connectivity index (χ1v) is 7.32. The lowest BCUT2D eigenvalue weighted by atomic mass is 10.2. The number of aromatic nitrogens is 4. The first-order valence-electron chi connectivity index (χ1n) is 7.32. The summed E-state index contributed by atoms with van der Waals surface area (Å²) in [4.78, 5) is 13.4. The van der Waals surface area contributed by atoms with Crippen LogP contribution in [0.15, 0.2) is 60.7 Å². The summed E-state index contributed by atoms with van der Waals surface area (Å²) >= 11 is 0. The number of nitrogens with zero attached hydrogens (tertiary/aromatic N) is 5. The summed E-state index contributed by atoms with van der Waals surface area (Å²) in [5, 5.41) is 16.1. The highest BCUT2D eigenvalue weighted by molar-refractivity contribution is 5.70. The number of benzene rings is 2. The van der Waals surface area contributed by atoms with Crippen LogP contribution in [-0.2, 0) is 6.54 Å². The first-order chi connectivity index (χ1) is 11.7. The van der Waals surface area contributed by atoms with Gasteiger partial charge in [0.15, 0.2) is 5.82 Å². The van der Waals surface area contributed by atoms with Crippen LogP contribution in [-0.4, -0.2) is 38.4 Å². The monoisotopic (exact) mass is 321 g/mol. The number of hydrogen-bond acceptors (Lipinski definition) is 6. The van der Waals surface area contributed by atoms with Gasteiger partial charge in [-0.2, -0.15) is 0 Å². The quantitative estimate of drug-likeness (QED) is 0.734. The van der Waals surface area contributed by atoms with Gasteiger partial charge in [0.1, 0.15) is 5.75 Å². The van der Waals surface area contributed by atoms with Crippen LogP contribution in [0.25, 0.3) is 11.4 Å². The van der Waals surface area contributed by atoms with Gasteiger partial charge in [-0.25, -0.2) is 4.79 Å². The Bertz CT molecular complexity index is 794. The number of carbonyl (C=O) groups is 1. The van der Waals surface area contributed by atoms with Crippen molar-refractivity contribution in [3.63, 3.8) is 0 Å². The largest absolute Gasteiger partial charge is 0.415 e. The maximum atomic E-state index is 12.0. The van der Waals surface area contributed by atoms with Crippen molar-refractivity contribution in [3.05, 3.63) is 66.5 Å². The summed E-state index contributed by atoms with van der Waals surface area (Å²) in [5.74, 6) is 1.25. The van der Waals surface area contributed by atoms with Gasteiger partial charge in [0.2, 0.25) is 5.82 Å². The molecule has 0 saturated carbocycles. The van der Waals surface area contributed by atoms with Crippen LogP contribution < -0.4 is 4.74 Å². The van der Waals surface area contributed by atoms with Crippen molar-refractivity contribution >= 4 is 6.09 Å². The molecule has 3 aromatic rings. The van der Waals surface area contributed by atoms with E-state index in [9.17, 15) is 4.79 Å². The van der Waals surface area contributed by atoms with E-state index in [0.29, 0.717) is 17.4 Å². The first kappa shape index (κ1) is 15.5. The lowest BCUT2D eigenvalue weighted by Crippen LogP contribution is -2.30. The molecule has 7 nitrogen and oxygen atoms in total. The molecule has 0 bridgehead atoms. The van der Waals surface area contributed by atoms with Crippen molar-refractivity contribution in [1.82, 2.24) is 25.3 Å². The molecule has 0 saturated heterocycles. The van der Waals surface area contributed by atoms with Crippen molar-refractivity contribution in [2.24, 2.45) is 0 Å². The Balaban J connectivity index is 1.62. The Hall–Kier alpha value is -3.35. The fourth-order valence-electron chi connectivity index (χ4n) is 1.96. The molecular weight excluding hydrogens is 306 g/mol. The van der Waals surface area contributed by atoms with Gasteiger partial charge in [-0.3, -0.25) is 0 Å². The van der Waals surface area contributed by atoms with Crippen LogP contribution in [0.1, 0.15) is 5.82 Å². The summed E-state index contributed by atoms with van der Waals surface area (Å²) in [6, 6.07) is 18.3. The van der Waals surface area contributed by atoms with E-state index in [2.05, 4.69) is 20.4 Å². The molecule has 0 radical (unpaired) electrons. The maximum Gasteiger partial charge on any atom is 0.415 e. The van der Waals surface area contributed by atoms with Crippen LogP contribution in [0.3, 0.4) is 0 Å². The van der Waals surface area contributed by atoms with Crippen molar-refractivity contribution in [2.75, 3.05) is 7.05 Å². The fourth-order valence-corrected chi connectivity index (χ4v) is 1.96. The number of ether oxygens (including phenoxy) is 1. The Morgan fingerprint density at radius 1 is 0.917 bits per heavy atom. The third-order valence-electron chi connectivity index (χ3n) is 3.19. The van der Waals surface area contributed by atoms with E-state index in [1.165, 1.54) is 4.90 Å². The van der Waals surface area contributed by atoms with Gasteiger partial charge in [-0.15, -0.1) is 20.4 Å². The van der Waals surface area contributed by atoms with Gasteiger partial charge in [0.25, 0.3) is 0 Å². The lowest BCUT2D eigenvalue weighted by Gasteiger charge is -2.15. The standard InChI is InChI=1S/C17H15N5O2/c1-22(17(23)24-14-10-6-3-7-11-14)12-15-18-20-16(21-19-15)13-8-4-2-5-9-13/h2-11H,12H2,1H3. The summed E-state index contributed by atoms with van der Waals surface area (Å²) in [6.07, 6.45) is -0.503. The lowest BCUT2D eigenvalue weighted by molar-refractivity contribution is 0.159. The molecule has 0 aliphatic rings. The van der Waals surface area contributed by atoms with Crippen LogP contribution in [0.2, 0.25) is 0 Å². The molecule has 2 aromatic carbocycles. The van der Waals surface area contributed by atoms with Gasteiger partial charge in [0, 0.05) is 12.6 Å². The van der Waals surface area contributed by atoms with Gasteiger partial charge < -0.3 is 9.64 Å². The molecule has 1 aromatic heterocycles. The van der Waals surface area contributed by atoms with Crippen LogP contribution in [0, 0.1) is 0 Å². The third-order valence-corrected chi connectivity index (χ3v) is 3.19. The molecule has 0 unspecified atom stereocenters. The highest BCUT2D eigenvalue weighted by Crippen LogP contribution is 2.12. The summed E-state index contributed by atoms with van der Waals surface area (Å²) in [7, 11) is 1.60. The Labute approximate surface area is 138 Å². The van der Waals surface area contributed by atoms with Crippen molar-refractivity contribution < 1.29 is 9.53 Å². The molecule has 0 atom stereocenters. The SMILES string of the molecule is CN(Cc1nnc(-c2ccccc2)nn1)C(=O)Oc1ccccc1. The molecular formula is C17H15N5O2. The second-order valence-electron chi connectivity index (χ2n) is 5.04. The smallest absolute Gasteiger partial charge is 0.410 e. The van der Waals surface area contributed by atoms with E-state index in [1.807, 2.05) is 36.4 Å². The zero-order chi connectivity index (χ0) is 16.8. The van der Waals surface area contributed by atoms with E-state index >= 15 is 0 Å². The molecule has 0 fully saturated rings. The van der Waals surface area contributed by atoms with Gasteiger partial charge in [-0.1, -0.05) is 48.5 Å². The number of rotatable bonds is 4. The highest BCUT2D eigenvalue weighted by atomic mass is 16.6. The summed E-state index contributed by atoms with van der Waals surface area (Å²) in [6.45, 7) is 0.154. The van der Waals surface area contributed by atoms with E-state index < -0.39 is 6.09 Å². The summed E-state index contributed by atoms with van der Waals surface area (Å²) in [5.41, 5.74) is 0.834. The number of amides is 1. The molecule has 0 spiro atoms. The maximum absolute atomic E-state index is 12.0. The molecule has 24 heavy (non-hydrogen) atoms. The second-order valence-corrected chi connectivity index (χ2v) is 5.04. The average molecular weight is 321 g/mol. The third kappa shape index (κ3) is 3.89. The van der Waals surface area contributed by atoms with Gasteiger partial charge in [-0.05, 0) is 12.1 Å². The predicted octanol–water partition coefficient (Wildman–Crippen LogP) is 2.56. The van der Waals surface area contributed by atoms with Crippen LogP contribution in [0.5, 0.6) is 5.75 Å². The minimum absolute atomic E-state index is 0.154. The minimum atomic E-state index is -0.503. The molecule has 120 valence electrons. The van der Waals surface area contributed by atoms with E-state index in [0.717, 1.165) is 5.56 Å². The topological polar surface area (TPSA) is 81.1 Å². The number of carbonyl (C=O) groups excluding carboxylic acids is 1. The van der Waals surface area contributed by atoms with Crippen LogP contribution in [0.4, 0.5) is 4.79 Å². The molecule has 7 heteroatoms. The van der Waals surface area contributed by atoms with Crippen LogP contribution >= 0.6 is 0 Å². The second kappa shape index (κ2) is 7.28. The molecule has 1 heterocycles. The van der Waals surface area contributed by atoms with Gasteiger partial charge in [0.05, 0.1) is 6.54 Å². The number of para-hydroxylation sites is 1. The van der Waals surface area contributed by atoms with Crippen molar-refractivity contribution in [3.8, 4) is 17.1 Å². The summed E-state index contributed by atoms with van der Waals surface area (Å²) < 4.78 is 5.23. The Kier molecular flexibility index (Phi) is 4.71. The van der Waals surface area contributed by atoms with Crippen molar-refractivity contribution in [1.29, 1.82) is 0 Å². The zero-order valence-corrected chi connectivity index (χ0v) is 13.0. The molecule has 0 aliphatic heterocycles. The predicted molar refractivity (Wildman–Crippen MR) is 87.0 cm³/mol. The zero-order valence-electron chi connectivity index (χ0n) is 13.0. The Morgan fingerprint density at radius 3 is 2.12 bits per heavy atom. The van der Waals surface area contributed by atoms with Gasteiger partial charge >= 0.3 is 6.09 Å². The Morgan fingerprint density at radius 2 is 1.50 bits per heavy atom. The number of hydrogen-bond donors (Lipinski definition) is 0. The van der Waals surface area contributed by atoms with E-state index in [4.69, 9.17) is 4.74 Å². The molecule has 1 amide bonds. The van der Waals surface area contributed by atoms with E-state index in [1.54, 1.807) is 31.3 Å². The fraction of sp³-hybridized carbons (Fsp3) is 0.118. The normalized spacial score (nSPS) is 10.2. The molecule has 0 aliphatic carbocycles. The highest BCUT2D eigenvalue weighted by Gasteiger charge is 2.14. The molecule has 3 rings (SSSR count). The minimum Gasteiger partial charge on any atom is -0.410 e. The van der Waals surface area contributed by atoms with E-state index in [-0.39, 0.29) is 6.54 Å². The molecule has 0 N–H and O–H groups in total. The average Bonchev–Trinajstić information content (AvgIpc) is 2.64. The van der Waals surface area contributed by atoms with Crippen molar-refractivity contribution in [2.45, 2.75) is 6.54 Å².